The van der Waals surface area contributed by atoms with E-state index in [1.807, 2.05) is 37.6 Å². The van der Waals surface area contributed by atoms with Gasteiger partial charge in [-0.05, 0) is 54.5 Å². The third-order valence-electron chi connectivity index (χ3n) is 7.38. The molecule has 1 saturated carbocycles. The number of nitrogens with zero attached hydrogens (tertiary/aromatic N) is 4. The molecule has 1 aliphatic carbocycles. The normalized spacial score (nSPS) is 17.0. The number of pyridine rings is 1. The molecule has 39 heavy (non-hydrogen) atoms. The molecule has 202 valence electrons. The Morgan fingerprint density at radius 2 is 1.82 bits per heavy atom. The van der Waals surface area contributed by atoms with Crippen molar-refractivity contribution >= 4 is 11.8 Å². The van der Waals surface area contributed by atoms with E-state index in [0.29, 0.717) is 6.42 Å². The zero-order valence-electron chi connectivity index (χ0n) is 22.4. The van der Waals surface area contributed by atoms with Gasteiger partial charge in [-0.1, -0.05) is 37.1 Å². The second kappa shape index (κ2) is 12.1. The number of aromatic amines is 1. The van der Waals surface area contributed by atoms with E-state index in [1.54, 1.807) is 24.1 Å². The number of benzene rings is 1. The number of carbonyl (C=O) groups excluding carboxylic acids is 2. The van der Waals surface area contributed by atoms with Crippen molar-refractivity contribution in [3.63, 3.8) is 0 Å². The summed E-state index contributed by atoms with van der Waals surface area (Å²) in [7, 11) is 3.56. The van der Waals surface area contributed by atoms with E-state index in [0.717, 1.165) is 66.0 Å². The molecule has 5 rings (SSSR count). The summed E-state index contributed by atoms with van der Waals surface area (Å²) in [6.45, 7) is 0. The van der Waals surface area contributed by atoms with Crippen LogP contribution in [0.15, 0.2) is 67.3 Å². The summed E-state index contributed by atoms with van der Waals surface area (Å²) in [6, 6.07) is 13.9. The Bertz CT molecular complexity index is 1390. The molecule has 3 aromatic heterocycles. The highest BCUT2D eigenvalue weighted by Gasteiger charge is 2.44. The monoisotopic (exact) mass is 525 g/mol. The first-order valence-corrected chi connectivity index (χ1v) is 13.6. The lowest BCUT2D eigenvalue weighted by Crippen LogP contribution is -2.31. The van der Waals surface area contributed by atoms with Crippen molar-refractivity contribution in [2.45, 2.75) is 50.5 Å². The fourth-order valence-electron chi connectivity index (χ4n) is 5.01. The van der Waals surface area contributed by atoms with E-state index in [1.165, 1.54) is 0 Å². The van der Waals surface area contributed by atoms with E-state index in [2.05, 4.69) is 54.9 Å². The molecule has 1 aromatic carbocycles. The molecule has 0 spiro atoms. The number of unbranched alkanes of at least 4 members (excludes halogenated alkanes) is 2. The zero-order valence-corrected chi connectivity index (χ0v) is 22.4. The van der Waals surface area contributed by atoms with E-state index in [9.17, 15) is 9.59 Å². The minimum atomic E-state index is -0.224. The number of imidazole rings is 1. The maximum atomic E-state index is 13.2. The molecular formula is C30H35N7O2. The Balaban J connectivity index is 1.26. The molecular weight excluding hydrogens is 490 g/mol. The molecule has 1 fully saturated rings. The number of aryl methyl sites for hydroxylation is 1. The summed E-state index contributed by atoms with van der Waals surface area (Å²) in [5.41, 5.74) is 5.06. The van der Waals surface area contributed by atoms with Gasteiger partial charge in [-0.25, -0.2) is 4.98 Å². The lowest BCUT2D eigenvalue weighted by atomic mass is 10.1. The predicted octanol–water partition coefficient (Wildman–Crippen LogP) is 4.53. The van der Waals surface area contributed by atoms with Crippen LogP contribution in [0.1, 0.15) is 61.9 Å². The molecule has 1 aliphatic rings. The summed E-state index contributed by atoms with van der Waals surface area (Å²) in [4.78, 5) is 37.0. The van der Waals surface area contributed by atoms with Gasteiger partial charge in [0.05, 0.1) is 23.6 Å². The highest BCUT2D eigenvalue weighted by atomic mass is 16.2. The minimum absolute atomic E-state index is 0.0308. The van der Waals surface area contributed by atoms with Crippen LogP contribution < -0.4 is 10.6 Å². The standard InChI is InChI=1S/C30H35N7O2/c1-31-28(38)7-5-3-4-6-26(35-30(39)24-18-23(24)20-12-15-32-16-13-20)29-33-19-27(34-29)22-10-8-21(9-11-22)25-14-17-37(2)36-25/h8-17,19,23-24,26H,3-7,18H2,1-2H3,(H,31,38)(H,33,34)(H,35,39)/t23?,24?,26-/m0/s1. The van der Waals surface area contributed by atoms with Gasteiger partial charge >= 0.3 is 0 Å². The van der Waals surface area contributed by atoms with Gasteiger partial charge in [0.25, 0.3) is 0 Å². The molecule has 0 bridgehead atoms. The second-order valence-corrected chi connectivity index (χ2v) is 10.2. The van der Waals surface area contributed by atoms with Crippen molar-refractivity contribution in [1.29, 1.82) is 0 Å². The first-order valence-electron chi connectivity index (χ1n) is 13.6. The Hall–Kier alpha value is -4.27. The van der Waals surface area contributed by atoms with Gasteiger partial charge in [0.1, 0.15) is 5.82 Å². The Kier molecular flexibility index (Phi) is 8.15. The average molecular weight is 526 g/mol. The molecule has 0 radical (unpaired) electrons. The van der Waals surface area contributed by atoms with Crippen molar-refractivity contribution in [1.82, 2.24) is 35.4 Å². The van der Waals surface area contributed by atoms with Crippen LogP contribution in [-0.4, -0.2) is 43.6 Å². The number of hydrogen-bond acceptors (Lipinski definition) is 5. The smallest absolute Gasteiger partial charge is 0.224 e. The van der Waals surface area contributed by atoms with E-state index in [4.69, 9.17) is 0 Å². The second-order valence-electron chi connectivity index (χ2n) is 10.2. The summed E-state index contributed by atoms with van der Waals surface area (Å²) in [6.07, 6.45) is 12.0. The number of amides is 2. The lowest BCUT2D eigenvalue weighted by molar-refractivity contribution is -0.123. The highest BCUT2D eigenvalue weighted by molar-refractivity contribution is 5.83. The number of hydrogen-bond donors (Lipinski definition) is 3. The molecule has 9 nitrogen and oxygen atoms in total. The van der Waals surface area contributed by atoms with Crippen LogP contribution in [0, 0.1) is 5.92 Å². The van der Waals surface area contributed by atoms with Crippen LogP contribution in [0.3, 0.4) is 0 Å². The van der Waals surface area contributed by atoms with Crippen molar-refractivity contribution in [3.05, 3.63) is 78.6 Å². The maximum absolute atomic E-state index is 13.2. The Morgan fingerprint density at radius 3 is 2.54 bits per heavy atom. The van der Waals surface area contributed by atoms with Gasteiger partial charge in [-0.3, -0.25) is 19.3 Å². The third-order valence-corrected chi connectivity index (χ3v) is 7.38. The summed E-state index contributed by atoms with van der Waals surface area (Å²) >= 11 is 0. The van der Waals surface area contributed by atoms with Gasteiger partial charge < -0.3 is 15.6 Å². The molecule has 0 aliphatic heterocycles. The number of nitrogens with one attached hydrogen (secondary N) is 3. The SMILES string of the molecule is CNC(=O)CCCCC[C@H](NC(=O)C1CC1c1ccncc1)c1ncc(-c2ccc(-c3ccn(C)n3)cc2)[nH]1. The van der Waals surface area contributed by atoms with Crippen molar-refractivity contribution < 1.29 is 9.59 Å². The van der Waals surface area contributed by atoms with Crippen LogP contribution >= 0.6 is 0 Å². The summed E-state index contributed by atoms with van der Waals surface area (Å²) in [5.74, 6) is 1.08. The van der Waals surface area contributed by atoms with Gasteiger partial charge in [0.15, 0.2) is 0 Å². The van der Waals surface area contributed by atoms with E-state index >= 15 is 0 Å². The van der Waals surface area contributed by atoms with Crippen molar-refractivity contribution in [2.24, 2.45) is 13.0 Å². The van der Waals surface area contributed by atoms with Crippen molar-refractivity contribution in [2.75, 3.05) is 7.05 Å². The van der Waals surface area contributed by atoms with Gasteiger partial charge in [0, 0.05) is 50.6 Å². The molecule has 0 saturated heterocycles. The molecule has 3 N–H and O–H groups in total. The van der Waals surface area contributed by atoms with Crippen LogP contribution in [0.4, 0.5) is 0 Å². The summed E-state index contributed by atoms with van der Waals surface area (Å²) < 4.78 is 1.79. The fourth-order valence-corrected chi connectivity index (χ4v) is 5.01. The minimum Gasteiger partial charge on any atom is -0.359 e. The number of carbonyl (C=O) groups is 2. The van der Waals surface area contributed by atoms with Gasteiger partial charge in [-0.15, -0.1) is 0 Å². The average Bonchev–Trinajstić information content (AvgIpc) is 3.40. The van der Waals surface area contributed by atoms with Crippen LogP contribution in [0.25, 0.3) is 22.5 Å². The molecule has 9 heteroatoms. The predicted molar refractivity (Wildman–Crippen MR) is 149 cm³/mol. The number of rotatable bonds is 12. The maximum Gasteiger partial charge on any atom is 0.224 e. The van der Waals surface area contributed by atoms with E-state index in [-0.39, 0.29) is 29.7 Å². The Morgan fingerprint density at radius 1 is 1.05 bits per heavy atom. The topological polar surface area (TPSA) is 118 Å². The van der Waals surface area contributed by atoms with Gasteiger partial charge in [0.2, 0.25) is 11.8 Å². The quantitative estimate of drug-likeness (QED) is 0.235. The van der Waals surface area contributed by atoms with E-state index < -0.39 is 0 Å². The van der Waals surface area contributed by atoms with Crippen LogP contribution in [0.5, 0.6) is 0 Å². The first-order chi connectivity index (χ1) is 19.0. The largest absolute Gasteiger partial charge is 0.359 e. The highest BCUT2D eigenvalue weighted by Crippen LogP contribution is 2.47. The lowest BCUT2D eigenvalue weighted by Gasteiger charge is -2.17. The molecule has 3 atom stereocenters. The van der Waals surface area contributed by atoms with Crippen LogP contribution in [-0.2, 0) is 16.6 Å². The number of H-pyrrole nitrogens is 1. The molecule has 4 aromatic rings. The fraction of sp³-hybridized carbons (Fsp3) is 0.367. The van der Waals surface area contributed by atoms with Crippen LogP contribution in [0.2, 0.25) is 0 Å². The summed E-state index contributed by atoms with van der Waals surface area (Å²) in [5, 5.41) is 10.4. The third kappa shape index (κ3) is 6.60. The molecule has 3 heterocycles. The van der Waals surface area contributed by atoms with Crippen molar-refractivity contribution in [3.8, 4) is 22.5 Å². The zero-order chi connectivity index (χ0) is 27.2. The Labute approximate surface area is 228 Å². The number of aromatic nitrogens is 5. The first kappa shape index (κ1) is 26.3. The molecule has 2 amide bonds. The van der Waals surface area contributed by atoms with Gasteiger partial charge in [-0.2, -0.15) is 5.10 Å². The molecule has 2 unspecified atom stereocenters.